The van der Waals surface area contributed by atoms with Gasteiger partial charge in [0.2, 0.25) is 0 Å². The minimum Gasteiger partial charge on any atom is -0.321 e. The van der Waals surface area contributed by atoms with Gasteiger partial charge in [0.15, 0.2) is 4.96 Å². The van der Waals surface area contributed by atoms with Crippen molar-refractivity contribution < 1.29 is 9.59 Å². The number of benzene rings is 2. The first-order valence-corrected chi connectivity index (χ1v) is 10.4. The van der Waals surface area contributed by atoms with Gasteiger partial charge in [0.25, 0.3) is 17.4 Å². The summed E-state index contributed by atoms with van der Waals surface area (Å²) in [6.07, 6.45) is 0. The minimum absolute atomic E-state index is 0.0362. The number of hydrogen-bond acceptors (Lipinski definition) is 5. The molecule has 0 aliphatic carbocycles. The highest BCUT2D eigenvalue weighted by atomic mass is 32.1. The number of aromatic nitrogens is 2. The topological polar surface area (TPSA) is 92.6 Å². The Balaban J connectivity index is 1.81. The second-order valence-electron chi connectivity index (χ2n) is 7.23. The molecule has 0 saturated heterocycles. The molecule has 0 atom stereocenters. The summed E-state index contributed by atoms with van der Waals surface area (Å²) in [5.74, 6) is -1.03. The third-order valence-corrected chi connectivity index (χ3v) is 5.77. The molecule has 4 rings (SSSR count). The molecule has 4 aromatic rings. The van der Waals surface area contributed by atoms with Crippen LogP contribution in [0.4, 0.5) is 11.4 Å². The third-order valence-electron chi connectivity index (χ3n) is 4.73. The SMILES string of the molecule is Cc1ccc(NC(=O)c2c(C(=O)Nc3ccccc3)sc3nc(C)cc(=O)n23)c(C)c1. The molecule has 2 aromatic heterocycles. The quantitative estimate of drug-likeness (QED) is 0.506. The number of fused-ring (bicyclic) bond motifs is 1. The number of nitrogens with zero attached hydrogens (tertiary/aromatic N) is 2. The summed E-state index contributed by atoms with van der Waals surface area (Å²) >= 11 is 1.00. The van der Waals surface area contributed by atoms with E-state index in [0.29, 0.717) is 17.1 Å². The van der Waals surface area contributed by atoms with Crippen molar-refractivity contribution in [2.75, 3.05) is 10.6 Å². The lowest BCUT2D eigenvalue weighted by Gasteiger charge is -2.10. The second-order valence-corrected chi connectivity index (χ2v) is 8.20. The van der Waals surface area contributed by atoms with Crippen LogP contribution < -0.4 is 16.2 Å². The van der Waals surface area contributed by atoms with Gasteiger partial charge in [-0.2, -0.15) is 0 Å². The highest BCUT2D eigenvalue weighted by molar-refractivity contribution is 7.19. The predicted octanol–water partition coefficient (Wildman–Crippen LogP) is 4.19. The summed E-state index contributed by atoms with van der Waals surface area (Å²) in [5, 5.41) is 5.61. The summed E-state index contributed by atoms with van der Waals surface area (Å²) in [4.78, 5) is 43.8. The zero-order valence-electron chi connectivity index (χ0n) is 17.2. The standard InChI is InChI=1S/C23H20N4O3S/c1-13-9-10-17(14(2)11-13)26-21(29)19-20(22(30)25-16-7-5-4-6-8-16)31-23-24-15(3)12-18(28)27(19)23/h4-12H,1-3H3,(H,25,30)(H,26,29). The van der Waals surface area contributed by atoms with E-state index in [1.165, 1.54) is 10.5 Å². The number of hydrogen-bond donors (Lipinski definition) is 2. The molecule has 2 aromatic carbocycles. The molecule has 7 nitrogen and oxygen atoms in total. The van der Waals surface area contributed by atoms with E-state index < -0.39 is 17.4 Å². The van der Waals surface area contributed by atoms with Gasteiger partial charge in [-0.05, 0) is 44.5 Å². The van der Waals surface area contributed by atoms with Crippen LogP contribution in [0.5, 0.6) is 0 Å². The number of rotatable bonds is 4. The number of anilines is 2. The van der Waals surface area contributed by atoms with Crippen LogP contribution in [0.3, 0.4) is 0 Å². The molecule has 0 aliphatic rings. The first-order chi connectivity index (χ1) is 14.8. The molecule has 2 heterocycles. The van der Waals surface area contributed by atoms with Crippen LogP contribution in [0.25, 0.3) is 4.96 Å². The van der Waals surface area contributed by atoms with Gasteiger partial charge < -0.3 is 10.6 Å². The van der Waals surface area contributed by atoms with Crippen LogP contribution in [0.15, 0.2) is 59.4 Å². The highest BCUT2D eigenvalue weighted by Crippen LogP contribution is 2.25. The molecular formula is C23H20N4O3S. The maximum Gasteiger partial charge on any atom is 0.274 e. The lowest BCUT2D eigenvalue weighted by Crippen LogP contribution is -2.25. The molecule has 156 valence electrons. The van der Waals surface area contributed by atoms with Crippen molar-refractivity contribution in [3.05, 3.63) is 92.3 Å². The maximum absolute atomic E-state index is 13.3. The monoisotopic (exact) mass is 432 g/mol. The molecule has 8 heteroatoms. The molecule has 0 unspecified atom stereocenters. The van der Waals surface area contributed by atoms with Gasteiger partial charge in [0.1, 0.15) is 10.6 Å². The van der Waals surface area contributed by atoms with E-state index in [1.54, 1.807) is 37.3 Å². The molecule has 0 bridgehead atoms. The highest BCUT2D eigenvalue weighted by Gasteiger charge is 2.26. The Hall–Kier alpha value is -3.78. The Bertz CT molecular complexity index is 1370. The van der Waals surface area contributed by atoms with Gasteiger partial charge in [0, 0.05) is 23.1 Å². The Morgan fingerprint density at radius 3 is 2.39 bits per heavy atom. The summed E-state index contributed by atoms with van der Waals surface area (Å²) in [5.41, 5.74) is 3.20. The summed E-state index contributed by atoms with van der Waals surface area (Å²) in [6.45, 7) is 5.54. The molecule has 0 aliphatic heterocycles. The number of nitrogens with one attached hydrogen (secondary N) is 2. The van der Waals surface area contributed by atoms with Gasteiger partial charge in [0.05, 0.1) is 0 Å². The zero-order chi connectivity index (χ0) is 22.1. The maximum atomic E-state index is 13.3. The molecule has 0 fully saturated rings. The van der Waals surface area contributed by atoms with Crippen molar-refractivity contribution in [3.8, 4) is 0 Å². The minimum atomic E-state index is -0.552. The normalized spacial score (nSPS) is 10.8. The molecule has 31 heavy (non-hydrogen) atoms. The van der Waals surface area contributed by atoms with Crippen molar-refractivity contribution in [1.82, 2.24) is 9.38 Å². The Labute approximate surface area is 182 Å². The van der Waals surface area contributed by atoms with Gasteiger partial charge in [-0.25, -0.2) is 9.38 Å². The average Bonchev–Trinajstić information content (AvgIpc) is 3.11. The first kappa shape index (κ1) is 20.5. The number of aryl methyl sites for hydroxylation is 3. The van der Waals surface area contributed by atoms with Crippen LogP contribution in [0.1, 0.15) is 37.0 Å². The van der Waals surface area contributed by atoms with Crippen molar-refractivity contribution >= 4 is 39.5 Å². The number of amides is 2. The molecule has 0 radical (unpaired) electrons. The van der Waals surface area contributed by atoms with Gasteiger partial charge in [-0.1, -0.05) is 47.2 Å². The van der Waals surface area contributed by atoms with Crippen LogP contribution >= 0.6 is 11.3 Å². The molecule has 2 amide bonds. The predicted molar refractivity (Wildman–Crippen MR) is 122 cm³/mol. The Kier molecular flexibility index (Phi) is 5.39. The molecule has 0 saturated carbocycles. The third kappa shape index (κ3) is 4.10. The summed E-state index contributed by atoms with van der Waals surface area (Å²) < 4.78 is 1.19. The van der Waals surface area contributed by atoms with Crippen molar-refractivity contribution in [3.63, 3.8) is 0 Å². The first-order valence-electron chi connectivity index (χ1n) is 9.61. The molecular weight excluding hydrogens is 412 g/mol. The van der Waals surface area contributed by atoms with E-state index in [0.717, 1.165) is 22.5 Å². The molecule has 0 spiro atoms. The van der Waals surface area contributed by atoms with E-state index in [9.17, 15) is 14.4 Å². The summed E-state index contributed by atoms with van der Waals surface area (Å²) in [6, 6.07) is 15.9. The van der Waals surface area contributed by atoms with Crippen LogP contribution in [0.2, 0.25) is 0 Å². The lowest BCUT2D eigenvalue weighted by molar-refractivity contribution is 0.0989. The van der Waals surface area contributed by atoms with E-state index in [-0.39, 0.29) is 15.5 Å². The smallest absolute Gasteiger partial charge is 0.274 e. The Morgan fingerprint density at radius 2 is 1.68 bits per heavy atom. The Morgan fingerprint density at radius 1 is 0.935 bits per heavy atom. The van der Waals surface area contributed by atoms with E-state index >= 15 is 0 Å². The van der Waals surface area contributed by atoms with Gasteiger partial charge in [-0.15, -0.1) is 0 Å². The largest absolute Gasteiger partial charge is 0.321 e. The van der Waals surface area contributed by atoms with Crippen molar-refractivity contribution in [2.45, 2.75) is 20.8 Å². The second kappa shape index (κ2) is 8.16. The number of carbonyl (C=O) groups excluding carboxylic acids is 2. The van der Waals surface area contributed by atoms with E-state index in [2.05, 4.69) is 15.6 Å². The number of thiazole rings is 1. The van der Waals surface area contributed by atoms with Crippen LogP contribution in [-0.4, -0.2) is 21.2 Å². The van der Waals surface area contributed by atoms with Crippen molar-refractivity contribution in [2.24, 2.45) is 0 Å². The zero-order valence-corrected chi connectivity index (χ0v) is 18.0. The fourth-order valence-electron chi connectivity index (χ4n) is 3.29. The summed E-state index contributed by atoms with van der Waals surface area (Å²) in [7, 11) is 0. The van der Waals surface area contributed by atoms with E-state index in [1.807, 2.05) is 32.0 Å². The lowest BCUT2D eigenvalue weighted by atomic mass is 10.1. The van der Waals surface area contributed by atoms with E-state index in [4.69, 9.17) is 0 Å². The fraction of sp³-hybridized carbons (Fsp3) is 0.130. The van der Waals surface area contributed by atoms with Crippen molar-refractivity contribution in [1.29, 1.82) is 0 Å². The van der Waals surface area contributed by atoms with Crippen LogP contribution in [-0.2, 0) is 0 Å². The van der Waals surface area contributed by atoms with Gasteiger partial charge >= 0.3 is 0 Å². The number of carbonyl (C=O) groups is 2. The number of para-hydroxylation sites is 1. The van der Waals surface area contributed by atoms with Crippen LogP contribution in [0, 0.1) is 20.8 Å². The average molecular weight is 433 g/mol. The fourth-order valence-corrected chi connectivity index (χ4v) is 4.36. The molecule has 2 N–H and O–H groups in total. The van der Waals surface area contributed by atoms with Gasteiger partial charge in [-0.3, -0.25) is 14.4 Å².